The van der Waals surface area contributed by atoms with Crippen LogP contribution in [0, 0.1) is 0 Å². The standard InChI is InChI=1S/C23H22BrF3N4O2/c24-15-4-3-14(12-32)17(11-15)31-9-7-22(8-10-31)21(33)29-20(30-22)16-5-6-18(23(25,26)27)28-19(16)13-1-2-13/h3-6,11,13,32H,1-2,7-10,12H2,(H,29,30,33). The molecule has 2 fully saturated rings. The van der Waals surface area contributed by atoms with Crippen LogP contribution in [0.2, 0.25) is 0 Å². The van der Waals surface area contributed by atoms with Crippen LogP contribution in [0.3, 0.4) is 0 Å². The zero-order chi connectivity index (χ0) is 23.4. The first-order valence-electron chi connectivity index (χ1n) is 10.8. The lowest BCUT2D eigenvalue weighted by atomic mass is 9.87. The maximum atomic E-state index is 13.2. The van der Waals surface area contributed by atoms with Gasteiger partial charge in [0.2, 0.25) is 0 Å². The van der Waals surface area contributed by atoms with Gasteiger partial charge in [-0.15, -0.1) is 0 Å². The van der Waals surface area contributed by atoms with Crippen molar-refractivity contribution >= 4 is 33.4 Å². The number of nitrogens with zero attached hydrogens (tertiary/aromatic N) is 3. The summed E-state index contributed by atoms with van der Waals surface area (Å²) in [6.07, 6.45) is -2.03. The van der Waals surface area contributed by atoms with Crippen molar-refractivity contribution < 1.29 is 23.1 Å². The maximum Gasteiger partial charge on any atom is 0.433 e. The van der Waals surface area contributed by atoms with Gasteiger partial charge in [0.15, 0.2) is 0 Å². The summed E-state index contributed by atoms with van der Waals surface area (Å²) in [5, 5.41) is 12.5. The number of piperidine rings is 1. The second-order valence-corrected chi connectivity index (χ2v) is 9.68. The Labute approximate surface area is 197 Å². The first kappa shape index (κ1) is 22.3. The molecule has 5 rings (SSSR count). The monoisotopic (exact) mass is 522 g/mol. The number of aliphatic hydroxyl groups is 1. The lowest BCUT2D eigenvalue weighted by Crippen LogP contribution is -2.49. The van der Waals surface area contributed by atoms with Crippen LogP contribution in [0.15, 0.2) is 39.8 Å². The summed E-state index contributed by atoms with van der Waals surface area (Å²) in [5.41, 5.74) is 0.690. The Hall–Kier alpha value is -2.46. The second kappa shape index (κ2) is 8.09. The van der Waals surface area contributed by atoms with E-state index in [1.807, 2.05) is 18.2 Å². The molecule has 3 heterocycles. The summed E-state index contributed by atoms with van der Waals surface area (Å²) in [5.74, 6) is 0.0548. The van der Waals surface area contributed by atoms with Crippen molar-refractivity contribution in [1.82, 2.24) is 10.3 Å². The zero-order valence-electron chi connectivity index (χ0n) is 17.6. The molecule has 1 saturated heterocycles. The van der Waals surface area contributed by atoms with Gasteiger partial charge < -0.3 is 15.3 Å². The van der Waals surface area contributed by atoms with Crippen molar-refractivity contribution in [3.05, 3.63) is 57.3 Å². The molecular weight excluding hydrogens is 501 g/mol. The molecule has 1 aromatic heterocycles. The molecule has 0 bridgehead atoms. The summed E-state index contributed by atoms with van der Waals surface area (Å²) >= 11 is 3.47. The Kier molecular flexibility index (Phi) is 5.48. The quantitative estimate of drug-likeness (QED) is 0.632. The Bertz CT molecular complexity index is 1140. The fourth-order valence-electron chi connectivity index (χ4n) is 4.57. The Morgan fingerprint density at radius 1 is 1.18 bits per heavy atom. The molecule has 1 saturated carbocycles. The van der Waals surface area contributed by atoms with Crippen molar-refractivity contribution in [2.24, 2.45) is 4.99 Å². The molecule has 1 amide bonds. The lowest BCUT2D eigenvalue weighted by Gasteiger charge is -2.37. The number of amides is 1. The third-order valence-corrected chi connectivity index (χ3v) is 7.06. The number of carbonyl (C=O) groups is 1. The molecule has 0 atom stereocenters. The fraction of sp³-hybridized carbons (Fsp3) is 0.435. The van der Waals surface area contributed by atoms with Gasteiger partial charge in [0, 0.05) is 40.3 Å². The molecule has 0 radical (unpaired) electrons. The Morgan fingerprint density at radius 2 is 1.91 bits per heavy atom. The molecule has 2 aromatic rings. The first-order valence-corrected chi connectivity index (χ1v) is 11.6. The van der Waals surface area contributed by atoms with Crippen molar-refractivity contribution in [3.8, 4) is 0 Å². The number of aliphatic imine (C=N–C) groups is 1. The minimum absolute atomic E-state index is 0.0336. The van der Waals surface area contributed by atoms with Gasteiger partial charge in [0.1, 0.15) is 17.1 Å². The minimum atomic E-state index is -4.52. The molecule has 10 heteroatoms. The van der Waals surface area contributed by atoms with Crippen LogP contribution in [0.1, 0.15) is 54.1 Å². The molecule has 3 aliphatic rings. The predicted molar refractivity (Wildman–Crippen MR) is 120 cm³/mol. The van der Waals surface area contributed by atoms with Gasteiger partial charge in [-0.2, -0.15) is 13.2 Å². The smallest absolute Gasteiger partial charge is 0.392 e. The molecule has 1 aliphatic carbocycles. The summed E-state index contributed by atoms with van der Waals surface area (Å²) in [7, 11) is 0. The molecule has 2 N–H and O–H groups in total. The van der Waals surface area contributed by atoms with Crippen molar-refractivity contribution in [3.63, 3.8) is 0 Å². The number of amidine groups is 1. The van der Waals surface area contributed by atoms with Crippen LogP contribution < -0.4 is 10.2 Å². The minimum Gasteiger partial charge on any atom is -0.392 e. The molecule has 1 spiro atoms. The van der Waals surface area contributed by atoms with E-state index in [0.29, 0.717) is 43.0 Å². The van der Waals surface area contributed by atoms with Gasteiger partial charge in [-0.3, -0.25) is 9.79 Å². The van der Waals surface area contributed by atoms with Crippen LogP contribution in [0.5, 0.6) is 0 Å². The van der Waals surface area contributed by atoms with E-state index in [4.69, 9.17) is 4.99 Å². The maximum absolute atomic E-state index is 13.2. The number of aromatic nitrogens is 1. The number of rotatable bonds is 4. The highest BCUT2D eigenvalue weighted by molar-refractivity contribution is 9.10. The van der Waals surface area contributed by atoms with E-state index in [0.717, 1.165) is 34.6 Å². The van der Waals surface area contributed by atoms with E-state index >= 15 is 0 Å². The van der Waals surface area contributed by atoms with Gasteiger partial charge in [-0.1, -0.05) is 22.0 Å². The number of nitrogens with one attached hydrogen (secondary N) is 1. The molecule has 0 unspecified atom stereocenters. The summed E-state index contributed by atoms with van der Waals surface area (Å²) in [6.45, 7) is 1.04. The number of anilines is 1. The van der Waals surface area contributed by atoms with Crippen molar-refractivity contribution in [1.29, 1.82) is 0 Å². The lowest BCUT2D eigenvalue weighted by molar-refractivity contribution is -0.141. The highest BCUT2D eigenvalue weighted by Gasteiger charge is 2.47. The number of benzene rings is 1. The number of hydrogen-bond acceptors (Lipinski definition) is 5. The Balaban J connectivity index is 1.41. The summed E-state index contributed by atoms with van der Waals surface area (Å²) in [4.78, 5) is 23.7. The van der Waals surface area contributed by atoms with Crippen molar-refractivity contribution in [2.75, 3.05) is 18.0 Å². The van der Waals surface area contributed by atoms with E-state index in [1.165, 1.54) is 6.07 Å². The van der Waals surface area contributed by atoms with Gasteiger partial charge in [0.25, 0.3) is 5.91 Å². The highest BCUT2D eigenvalue weighted by Crippen LogP contribution is 2.43. The molecule has 174 valence electrons. The van der Waals surface area contributed by atoms with Gasteiger partial charge >= 0.3 is 6.18 Å². The first-order chi connectivity index (χ1) is 15.7. The molecular formula is C23H22BrF3N4O2. The molecule has 6 nitrogen and oxygen atoms in total. The normalized spacial score (nSPS) is 20.2. The van der Waals surface area contributed by atoms with Gasteiger partial charge in [-0.25, -0.2) is 4.98 Å². The fourth-order valence-corrected chi connectivity index (χ4v) is 4.92. The zero-order valence-corrected chi connectivity index (χ0v) is 19.2. The van der Waals surface area contributed by atoms with E-state index in [2.05, 4.69) is 31.1 Å². The molecule has 2 aliphatic heterocycles. The predicted octanol–water partition coefficient (Wildman–Crippen LogP) is 4.15. The number of halogens is 4. The second-order valence-electron chi connectivity index (χ2n) is 8.77. The number of carbonyl (C=O) groups excluding carboxylic acids is 1. The van der Waals surface area contributed by atoms with E-state index in [1.54, 1.807) is 0 Å². The van der Waals surface area contributed by atoms with Crippen LogP contribution in [0.4, 0.5) is 18.9 Å². The van der Waals surface area contributed by atoms with E-state index in [9.17, 15) is 23.1 Å². The highest BCUT2D eigenvalue weighted by atomic mass is 79.9. The topological polar surface area (TPSA) is 77.8 Å². The molecule has 1 aromatic carbocycles. The Morgan fingerprint density at radius 3 is 2.55 bits per heavy atom. The number of aliphatic hydroxyl groups excluding tert-OH is 1. The van der Waals surface area contributed by atoms with Gasteiger partial charge in [-0.05, 0) is 49.9 Å². The van der Waals surface area contributed by atoms with E-state index in [-0.39, 0.29) is 18.4 Å². The third-order valence-electron chi connectivity index (χ3n) is 6.56. The number of pyridine rings is 1. The van der Waals surface area contributed by atoms with Crippen LogP contribution >= 0.6 is 15.9 Å². The average Bonchev–Trinajstić information content (AvgIpc) is 3.59. The van der Waals surface area contributed by atoms with Crippen molar-refractivity contribution in [2.45, 2.75) is 49.9 Å². The summed E-state index contributed by atoms with van der Waals surface area (Å²) in [6, 6.07) is 8.01. The largest absolute Gasteiger partial charge is 0.433 e. The number of alkyl halides is 3. The van der Waals surface area contributed by atoms with Crippen LogP contribution in [-0.4, -0.2) is 40.5 Å². The van der Waals surface area contributed by atoms with Crippen LogP contribution in [0.25, 0.3) is 0 Å². The van der Waals surface area contributed by atoms with Gasteiger partial charge in [0.05, 0.1) is 12.3 Å². The molecule has 33 heavy (non-hydrogen) atoms. The third kappa shape index (κ3) is 4.14. The SMILES string of the molecule is O=C1NC(c2ccc(C(F)(F)F)nc2C2CC2)=NC12CCN(c1cc(Br)ccc1CO)CC2. The van der Waals surface area contributed by atoms with E-state index < -0.39 is 17.4 Å². The average molecular weight is 523 g/mol. The summed E-state index contributed by atoms with van der Waals surface area (Å²) < 4.78 is 40.4. The van der Waals surface area contributed by atoms with Crippen LogP contribution in [-0.2, 0) is 17.6 Å². The number of hydrogen-bond donors (Lipinski definition) is 2.